The predicted molar refractivity (Wildman–Crippen MR) is 105 cm³/mol. The SMILES string of the molecule is Cc1cccc(CC(=O)NCCN(Cc2ccccc2Cl)S(C)(=O)=O)c1. The third-order valence-corrected chi connectivity index (χ3v) is 5.52. The number of halogens is 1. The fourth-order valence-corrected chi connectivity index (χ4v) is 3.56. The molecule has 7 heteroatoms. The zero-order chi connectivity index (χ0) is 19.2. The van der Waals surface area contributed by atoms with Crippen LogP contribution in [0.15, 0.2) is 48.5 Å². The first-order valence-corrected chi connectivity index (χ1v) is 10.5. The molecule has 0 fully saturated rings. The van der Waals surface area contributed by atoms with Crippen molar-refractivity contribution >= 4 is 27.5 Å². The summed E-state index contributed by atoms with van der Waals surface area (Å²) in [5.74, 6) is -0.137. The standard InChI is InChI=1S/C19H23ClN2O3S/c1-15-6-5-7-16(12-15)13-19(23)21-10-11-22(26(2,24)25)14-17-8-3-4-9-18(17)20/h3-9,12H,10-11,13-14H2,1-2H3,(H,21,23). The first-order valence-electron chi connectivity index (χ1n) is 8.26. The number of nitrogens with one attached hydrogen (secondary N) is 1. The molecular weight excluding hydrogens is 372 g/mol. The van der Waals surface area contributed by atoms with Crippen LogP contribution in [0.25, 0.3) is 0 Å². The van der Waals surface area contributed by atoms with Crippen molar-refractivity contribution in [2.75, 3.05) is 19.3 Å². The van der Waals surface area contributed by atoms with Gasteiger partial charge in [-0.2, -0.15) is 4.31 Å². The molecule has 0 bridgehead atoms. The number of rotatable bonds is 8. The predicted octanol–water partition coefficient (Wildman–Crippen LogP) is 2.77. The fraction of sp³-hybridized carbons (Fsp3) is 0.316. The summed E-state index contributed by atoms with van der Waals surface area (Å²) in [6, 6.07) is 14.9. The molecule has 0 atom stereocenters. The number of carbonyl (C=O) groups excluding carboxylic acids is 1. The number of hydrogen-bond acceptors (Lipinski definition) is 3. The highest BCUT2D eigenvalue weighted by atomic mass is 35.5. The molecule has 0 aromatic heterocycles. The lowest BCUT2D eigenvalue weighted by atomic mass is 10.1. The zero-order valence-electron chi connectivity index (χ0n) is 14.9. The van der Waals surface area contributed by atoms with E-state index in [-0.39, 0.29) is 32.0 Å². The van der Waals surface area contributed by atoms with Gasteiger partial charge in [-0.15, -0.1) is 0 Å². The topological polar surface area (TPSA) is 66.5 Å². The van der Waals surface area contributed by atoms with Gasteiger partial charge in [0.2, 0.25) is 15.9 Å². The Morgan fingerprint density at radius 2 is 1.88 bits per heavy atom. The fourth-order valence-electron chi connectivity index (χ4n) is 2.57. The van der Waals surface area contributed by atoms with E-state index in [1.807, 2.05) is 37.3 Å². The van der Waals surface area contributed by atoms with Crippen molar-refractivity contribution in [1.29, 1.82) is 0 Å². The molecular formula is C19H23ClN2O3S. The van der Waals surface area contributed by atoms with E-state index in [4.69, 9.17) is 11.6 Å². The molecule has 0 aliphatic rings. The van der Waals surface area contributed by atoms with Crippen LogP contribution in [0.2, 0.25) is 5.02 Å². The van der Waals surface area contributed by atoms with Crippen molar-refractivity contribution in [3.63, 3.8) is 0 Å². The van der Waals surface area contributed by atoms with E-state index in [0.29, 0.717) is 5.02 Å². The number of aryl methyl sites for hydroxylation is 1. The van der Waals surface area contributed by atoms with Crippen LogP contribution >= 0.6 is 11.6 Å². The maximum atomic E-state index is 12.1. The van der Waals surface area contributed by atoms with E-state index in [1.54, 1.807) is 18.2 Å². The van der Waals surface area contributed by atoms with E-state index in [9.17, 15) is 13.2 Å². The molecule has 0 heterocycles. The molecule has 0 aliphatic carbocycles. The van der Waals surface area contributed by atoms with Crippen LogP contribution in [0.1, 0.15) is 16.7 Å². The summed E-state index contributed by atoms with van der Waals surface area (Å²) < 4.78 is 25.3. The van der Waals surface area contributed by atoms with Gasteiger partial charge in [-0.25, -0.2) is 8.42 Å². The summed E-state index contributed by atoms with van der Waals surface area (Å²) in [6.07, 6.45) is 1.42. The average molecular weight is 395 g/mol. The summed E-state index contributed by atoms with van der Waals surface area (Å²) >= 11 is 6.11. The van der Waals surface area contributed by atoms with Gasteiger partial charge < -0.3 is 5.32 Å². The summed E-state index contributed by atoms with van der Waals surface area (Å²) in [7, 11) is -3.42. The van der Waals surface area contributed by atoms with E-state index >= 15 is 0 Å². The van der Waals surface area contributed by atoms with Crippen LogP contribution in [0.5, 0.6) is 0 Å². The first-order chi connectivity index (χ1) is 12.3. The Labute approximate surface area is 160 Å². The Kier molecular flexibility index (Phi) is 7.20. The second-order valence-electron chi connectivity index (χ2n) is 6.20. The van der Waals surface area contributed by atoms with Crippen molar-refractivity contribution in [3.05, 3.63) is 70.2 Å². The second-order valence-corrected chi connectivity index (χ2v) is 8.59. The highest BCUT2D eigenvalue weighted by Crippen LogP contribution is 2.18. The number of nitrogens with zero attached hydrogens (tertiary/aromatic N) is 1. The van der Waals surface area contributed by atoms with Crippen LogP contribution in [-0.2, 0) is 27.8 Å². The number of hydrogen-bond donors (Lipinski definition) is 1. The molecule has 0 saturated heterocycles. The van der Waals surface area contributed by atoms with E-state index < -0.39 is 10.0 Å². The molecule has 2 aromatic carbocycles. The van der Waals surface area contributed by atoms with Crippen LogP contribution in [0.3, 0.4) is 0 Å². The number of sulfonamides is 1. The van der Waals surface area contributed by atoms with Gasteiger partial charge in [-0.3, -0.25) is 4.79 Å². The highest BCUT2D eigenvalue weighted by Gasteiger charge is 2.18. The maximum absolute atomic E-state index is 12.1. The van der Waals surface area contributed by atoms with E-state index in [0.717, 1.165) is 22.9 Å². The zero-order valence-corrected chi connectivity index (χ0v) is 16.5. The summed E-state index contributed by atoms with van der Waals surface area (Å²) in [5, 5.41) is 3.29. The molecule has 2 rings (SSSR count). The first kappa shape index (κ1) is 20.4. The molecule has 1 amide bonds. The smallest absolute Gasteiger partial charge is 0.224 e. The third kappa shape index (κ3) is 6.44. The van der Waals surface area contributed by atoms with Crippen molar-refractivity contribution in [1.82, 2.24) is 9.62 Å². The Bertz CT molecular complexity index is 869. The van der Waals surface area contributed by atoms with Gasteiger partial charge >= 0.3 is 0 Å². The van der Waals surface area contributed by atoms with Crippen molar-refractivity contribution in [2.45, 2.75) is 19.9 Å². The molecule has 26 heavy (non-hydrogen) atoms. The quantitative estimate of drug-likeness (QED) is 0.748. The van der Waals surface area contributed by atoms with E-state index in [2.05, 4.69) is 5.32 Å². The van der Waals surface area contributed by atoms with E-state index in [1.165, 1.54) is 4.31 Å². The van der Waals surface area contributed by atoms with Gasteiger partial charge in [-0.1, -0.05) is 59.6 Å². The van der Waals surface area contributed by atoms with Gasteiger partial charge in [0.15, 0.2) is 0 Å². The molecule has 140 valence electrons. The molecule has 5 nitrogen and oxygen atoms in total. The molecule has 0 radical (unpaired) electrons. The minimum absolute atomic E-state index is 0.137. The monoisotopic (exact) mass is 394 g/mol. The minimum Gasteiger partial charge on any atom is -0.354 e. The number of benzene rings is 2. The summed E-state index contributed by atoms with van der Waals surface area (Å²) in [4.78, 5) is 12.1. The van der Waals surface area contributed by atoms with Gasteiger partial charge in [0, 0.05) is 24.7 Å². The highest BCUT2D eigenvalue weighted by molar-refractivity contribution is 7.88. The van der Waals surface area contributed by atoms with Crippen molar-refractivity contribution in [3.8, 4) is 0 Å². The van der Waals surface area contributed by atoms with Crippen LogP contribution in [-0.4, -0.2) is 38.0 Å². The van der Waals surface area contributed by atoms with Crippen LogP contribution in [0.4, 0.5) is 0 Å². The lowest BCUT2D eigenvalue weighted by Crippen LogP contribution is -2.38. The number of amides is 1. The molecule has 2 aromatic rings. The minimum atomic E-state index is -3.42. The summed E-state index contributed by atoms with van der Waals surface area (Å²) in [6.45, 7) is 2.57. The normalized spacial score (nSPS) is 11.5. The Balaban J connectivity index is 1.91. The molecule has 1 N–H and O–H groups in total. The number of carbonyl (C=O) groups is 1. The molecule has 0 unspecified atom stereocenters. The Morgan fingerprint density at radius 3 is 2.54 bits per heavy atom. The molecule has 0 aliphatic heterocycles. The van der Waals surface area contributed by atoms with Gasteiger partial charge in [0.05, 0.1) is 12.7 Å². The van der Waals surface area contributed by atoms with Crippen molar-refractivity contribution in [2.24, 2.45) is 0 Å². The summed E-state index contributed by atoms with van der Waals surface area (Å²) in [5.41, 5.74) is 2.75. The molecule has 0 saturated carbocycles. The lowest BCUT2D eigenvalue weighted by Gasteiger charge is -2.21. The van der Waals surface area contributed by atoms with Crippen LogP contribution < -0.4 is 5.32 Å². The second kappa shape index (κ2) is 9.16. The maximum Gasteiger partial charge on any atom is 0.224 e. The van der Waals surface area contributed by atoms with Gasteiger partial charge in [0.25, 0.3) is 0 Å². The van der Waals surface area contributed by atoms with Crippen molar-refractivity contribution < 1.29 is 13.2 Å². The average Bonchev–Trinajstić information content (AvgIpc) is 2.54. The largest absolute Gasteiger partial charge is 0.354 e. The van der Waals surface area contributed by atoms with Crippen LogP contribution in [0, 0.1) is 6.92 Å². The Morgan fingerprint density at radius 1 is 1.15 bits per heavy atom. The van der Waals surface area contributed by atoms with Gasteiger partial charge in [0.1, 0.15) is 0 Å². The Hall–Kier alpha value is -1.89. The third-order valence-electron chi connectivity index (χ3n) is 3.90. The van der Waals surface area contributed by atoms with Gasteiger partial charge in [-0.05, 0) is 24.1 Å². The lowest BCUT2D eigenvalue weighted by molar-refractivity contribution is -0.120. The molecule has 0 spiro atoms.